The lowest BCUT2D eigenvalue weighted by molar-refractivity contribution is -0.140. The van der Waals surface area contributed by atoms with Gasteiger partial charge in [0, 0.05) is 54.2 Å². The van der Waals surface area contributed by atoms with Crippen molar-refractivity contribution in [3.8, 4) is 0 Å². The topological polar surface area (TPSA) is 72.8 Å². The molecule has 0 saturated heterocycles. The van der Waals surface area contributed by atoms with Crippen LogP contribution < -0.4 is 0 Å². The van der Waals surface area contributed by atoms with Crippen LogP contribution in [-0.4, -0.2) is 27.4 Å². The van der Waals surface area contributed by atoms with Crippen LogP contribution in [0.3, 0.4) is 0 Å². The van der Waals surface area contributed by atoms with Gasteiger partial charge in [-0.2, -0.15) is 0 Å². The number of allylic oxidation sites excluding steroid dienone is 3. The van der Waals surface area contributed by atoms with Gasteiger partial charge in [-0.15, -0.1) is 11.8 Å². The highest BCUT2D eigenvalue weighted by Gasteiger charge is 2.16. The fourth-order valence-electron chi connectivity index (χ4n) is 3.59. The Labute approximate surface area is 244 Å². The van der Waals surface area contributed by atoms with Crippen molar-refractivity contribution in [2.75, 3.05) is 5.75 Å². The average molecular weight is 596 g/mol. The molecule has 1 aliphatic carbocycles. The summed E-state index contributed by atoms with van der Waals surface area (Å²) in [6.45, 7) is 1.24. The molecule has 200 valence electrons. The quantitative estimate of drug-likeness (QED) is 0.0733. The van der Waals surface area contributed by atoms with Crippen molar-refractivity contribution in [3.63, 3.8) is 0 Å². The zero-order chi connectivity index (χ0) is 27.6. The van der Waals surface area contributed by atoms with Gasteiger partial charge in [0.15, 0.2) is 0 Å². The molecule has 0 heterocycles. The molecule has 0 spiro atoms. The zero-order valence-electron chi connectivity index (χ0n) is 21.2. The van der Waals surface area contributed by atoms with Crippen LogP contribution in [0.25, 0.3) is 0 Å². The fraction of sp³-hybridized carbons (Fsp3) is 0.167. The summed E-state index contributed by atoms with van der Waals surface area (Å²) in [7, 11) is -1.18. The number of halogens is 1. The van der Waals surface area contributed by atoms with Crippen LogP contribution in [0.5, 0.6) is 0 Å². The molecule has 4 rings (SSSR count). The predicted octanol–water partition coefficient (Wildman–Crippen LogP) is 8.12. The van der Waals surface area contributed by atoms with Gasteiger partial charge in [0.2, 0.25) is 5.78 Å². The first kappa shape index (κ1) is 29.1. The van der Waals surface area contributed by atoms with E-state index < -0.39 is 16.8 Å². The van der Waals surface area contributed by atoms with Crippen molar-refractivity contribution in [1.29, 1.82) is 0 Å². The lowest BCUT2D eigenvalue weighted by atomic mass is 10.1. The second-order valence-corrected chi connectivity index (χ2v) is 12.7. The van der Waals surface area contributed by atoms with E-state index in [4.69, 9.17) is 16.4 Å². The van der Waals surface area contributed by atoms with Gasteiger partial charge in [-0.25, -0.2) is 9.00 Å². The third-order valence-corrected chi connectivity index (χ3v) is 9.25. The molecule has 5 nitrogen and oxygen atoms in total. The molecule has 0 radical (unpaired) electrons. The van der Waals surface area contributed by atoms with Crippen LogP contribution in [0.2, 0.25) is 5.02 Å². The smallest absolute Gasteiger partial charge is 0.318 e. The maximum atomic E-state index is 13.2. The SMILES string of the molecule is CC(=O)O/N=C(\CCSc1ccc(Cl)cc1)C(=O)c1ccc(Sc2ccc(S(=O)C3=CCCC=C3)cc2)cc1. The number of benzene rings is 3. The molecule has 1 aliphatic rings. The number of ketones is 1. The van der Waals surface area contributed by atoms with Crippen LogP contribution in [0.4, 0.5) is 0 Å². The summed E-state index contributed by atoms with van der Waals surface area (Å²) < 4.78 is 12.8. The van der Waals surface area contributed by atoms with Crippen molar-refractivity contribution < 1.29 is 18.6 Å². The van der Waals surface area contributed by atoms with Gasteiger partial charge in [-0.3, -0.25) is 4.79 Å². The number of carbonyl (C=O) groups excluding carboxylic acids is 2. The van der Waals surface area contributed by atoms with E-state index in [0.29, 0.717) is 22.8 Å². The molecule has 0 aromatic heterocycles. The lowest BCUT2D eigenvalue weighted by Crippen LogP contribution is -2.16. The lowest BCUT2D eigenvalue weighted by Gasteiger charge is -2.09. The molecule has 3 aromatic carbocycles. The Kier molecular flexibility index (Phi) is 10.8. The number of hydrogen-bond acceptors (Lipinski definition) is 7. The van der Waals surface area contributed by atoms with Crippen LogP contribution in [0, 0.1) is 0 Å². The van der Waals surface area contributed by atoms with Crippen molar-refractivity contribution in [1.82, 2.24) is 0 Å². The van der Waals surface area contributed by atoms with E-state index in [1.807, 2.05) is 72.8 Å². The van der Waals surface area contributed by atoms with Crippen LogP contribution in [0.1, 0.15) is 36.5 Å². The zero-order valence-corrected chi connectivity index (χ0v) is 24.4. The number of carbonyl (C=O) groups is 2. The van der Waals surface area contributed by atoms with E-state index in [-0.39, 0.29) is 11.5 Å². The Morgan fingerprint density at radius 3 is 2.18 bits per heavy atom. The maximum Gasteiger partial charge on any atom is 0.331 e. The number of hydrogen-bond donors (Lipinski definition) is 0. The van der Waals surface area contributed by atoms with Gasteiger partial charge in [0.25, 0.3) is 0 Å². The fourth-order valence-corrected chi connectivity index (χ4v) is 6.53. The molecule has 3 aromatic rings. The van der Waals surface area contributed by atoms with Crippen LogP contribution in [-0.2, 0) is 20.4 Å². The maximum absolute atomic E-state index is 13.2. The van der Waals surface area contributed by atoms with Gasteiger partial charge in [-0.05, 0) is 91.7 Å². The Bertz CT molecular complexity index is 1430. The third kappa shape index (κ3) is 8.80. The highest BCUT2D eigenvalue weighted by molar-refractivity contribution is 7.99. The number of nitrogens with zero attached hydrogens (tertiary/aromatic N) is 1. The van der Waals surface area contributed by atoms with Gasteiger partial charge in [-0.1, -0.05) is 40.7 Å². The number of rotatable bonds is 11. The summed E-state index contributed by atoms with van der Waals surface area (Å²) in [4.78, 5) is 33.8. The first-order valence-corrected chi connectivity index (χ1v) is 15.6. The summed E-state index contributed by atoms with van der Waals surface area (Å²) in [6, 6.07) is 22.3. The summed E-state index contributed by atoms with van der Waals surface area (Å²) in [6.07, 6.45) is 8.26. The molecule has 39 heavy (non-hydrogen) atoms. The van der Waals surface area contributed by atoms with Crippen molar-refractivity contribution in [3.05, 3.63) is 107 Å². The minimum atomic E-state index is -1.18. The van der Waals surface area contributed by atoms with E-state index in [9.17, 15) is 13.8 Å². The molecule has 1 unspecified atom stereocenters. The second kappa shape index (κ2) is 14.5. The van der Waals surface area contributed by atoms with E-state index in [0.717, 1.165) is 37.3 Å². The normalized spacial score (nSPS) is 14.0. The molecule has 1 atom stereocenters. The van der Waals surface area contributed by atoms with E-state index >= 15 is 0 Å². The summed E-state index contributed by atoms with van der Waals surface area (Å²) in [5.74, 6) is -0.294. The molecule has 0 aliphatic heterocycles. The van der Waals surface area contributed by atoms with Gasteiger partial charge in [0.05, 0.1) is 10.8 Å². The van der Waals surface area contributed by atoms with E-state index in [2.05, 4.69) is 11.2 Å². The first-order chi connectivity index (χ1) is 18.9. The summed E-state index contributed by atoms with van der Waals surface area (Å²) in [5, 5.41) is 4.50. The van der Waals surface area contributed by atoms with Crippen molar-refractivity contribution in [2.45, 2.75) is 45.8 Å². The Hall–Kier alpha value is -2.91. The van der Waals surface area contributed by atoms with E-state index in [1.54, 1.807) is 35.7 Å². The second-order valence-electron chi connectivity index (χ2n) is 8.46. The number of oxime groups is 1. The van der Waals surface area contributed by atoms with Gasteiger partial charge in [0.1, 0.15) is 5.71 Å². The Balaban J connectivity index is 1.38. The average Bonchev–Trinajstić information content (AvgIpc) is 2.96. The minimum absolute atomic E-state index is 0.179. The third-order valence-electron chi connectivity index (χ3n) is 5.53. The summed E-state index contributed by atoms with van der Waals surface area (Å²) >= 11 is 9.04. The molecule has 0 fully saturated rings. The molecule has 0 N–H and O–H groups in total. The van der Waals surface area contributed by atoms with E-state index in [1.165, 1.54) is 6.92 Å². The number of thioether (sulfide) groups is 1. The van der Waals surface area contributed by atoms with Gasteiger partial charge >= 0.3 is 5.97 Å². The Morgan fingerprint density at radius 2 is 1.56 bits per heavy atom. The molecule has 9 heteroatoms. The molecule has 0 bridgehead atoms. The van der Waals surface area contributed by atoms with Crippen LogP contribution >= 0.6 is 35.1 Å². The summed E-state index contributed by atoms with van der Waals surface area (Å²) in [5.41, 5.74) is 0.639. The highest BCUT2D eigenvalue weighted by Crippen LogP contribution is 2.30. The highest BCUT2D eigenvalue weighted by atomic mass is 35.5. The largest absolute Gasteiger partial charge is 0.331 e. The predicted molar refractivity (Wildman–Crippen MR) is 160 cm³/mol. The van der Waals surface area contributed by atoms with Crippen LogP contribution in [0.15, 0.2) is 121 Å². The van der Waals surface area contributed by atoms with Gasteiger partial charge < -0.3 is 4.84 Å². The molecule has 0 amide bonds. The standard InChI is InChI=1S/C30H26ClNO4S3/c1-21(33)36-32-29(19-20-37-24-13-9-23(31)10-14-24)30(34)22-7-11-25(12-8-22)38-26-15-17-28(18-16-26)39(35)27-5-3-2-4-6-27/h3,5-18H,2,4,19-20H2,1H3/b32-29+. The molecule has 0 saturated carbocycles. The Morgan fingerprint density at radius 1 is 0.923 bits per heavy atom. The number of Topliss-reactive ketones (excluding diaryl/α,β-unsaturated/α-hetero) is 1. The molecular formula is C30H26ClNO4S3. The van der Waals surface area contributed by atoms with Crippen molar-refractivity contribution in [2.24, 2.45) is 5.16 Å². The monoisotopic (exact) mass is 595 g/mol. The first-order valence-electron chi connectivity index (χ1n) is 12.2. The minimum Gasteiger partial charge on any atom is -0.318 e. The van der Waals surface area contributed by atoms with Crippen molar-refractivity contribution >= 4 is 63.4 Å². The molecular weight excluding hydrogens is 570 g/mol.